The molecule has 2 unspecified atom stereocenters. The normalized spacial score (nSPS) is 27.2. The van der Waals surface area contributed by atoms with E-state index in [0.717, 1.165) is 12.8 Å². The monoisotopic (exact) mass is 341 g/mol. The lowest BCUT2D eigenvalue weighted by Gasteiger charge is -2.35. The van der Waals surface area contributed by atoms with E-state index in [9.17, 15) is 4.79 Å². The second kappa shape index (κ2) is 6.75. The number of nitrogens with one attached hydrogen (secondary N) is 2. The molecule has 0 spiro atoms. The third-order valence-electron chi connectivity index (χ3n) is 4.69. The molecule has 2 bridgehead atoms. The number of carbonyl (C=O) groups excluding carboxylic acids is 1. The van der Waals surface area contributed by atoms with E-state index in [0.29, 0.717) is 40.4 Å². The number of likely N-dealkylation sites (N-methyl/N-ethyl adjacent to an activating group) is 1. The highest BCUT2D eigenvalue weighted by Gasteiger charge is 2.35. The molecule has 0 saturated carbocycles. The number of carbonyl (C=O) groups is 1. The predicted molar refractivity (Wildman–Crippen MR) is 90.7 cm³/mol. The highest BCUT2D eigenvalue weighted by Crippen LogP contribution is 2.30. The molecule has 2 aliphatic rings. The molecule has 2 heterocycles. The van der Waals surface area contributed by atoms with Gasteiger partial charge in [0.1, 0.15) is 0 Å². The minimum absolute atomic E-state index is 0.0578. The summed E-state index contributed by atoms with van der Waals surface area (Å²) < 4.78 is 0. The van der Waals surface area contributed by atoms with Crippen LogP contribution in [0.4, 0.5) is 5.69 Å². The SMILES string of the molecule is CN(CC(=O)Nc1cccc(Cl)c1Cl)C1CC2CCC(C1)N2. The molecule has 6 heteroatoms. The Hall–Kier alpha value is -0.810. The van der Waals surface area contributed by atoms with Crippen molar-refractivity contribution in [1.29, 1.82) is 0 Å². The smallest absolute Gasteiger partial charge is 0.238 e. The fourth-order valence-electron chi connectivity index (χ4n) is 3.53. The molecule has 3 rings (SSSR count). The Balaban J connectivity index is 1.56. The summed E-state index contributed by atoms with van der Waals surface area (Å²) in [6.07, 6.45) is 4.77. The lowest BCUT2D eigenvalue weighted by molar-refractivity contribution is -0.117. The van der Waals surface area contributed by atoms with Gasteiger partial charge in [-0.1, -0.05) is 29.3 Å². The molecule has 22 heavy (non-hydrogen) atoms. The van der Waals surface area contributed by atoms with Crippen LogP contribution in [0.5, 0.6) is 0 Å². The van der Waals surface area contributed by atoms with Crippen LogP contribution in [0.3, 0.4) is 0 Å². The molecule has 1 amide bonds. The Morgan fingerprint density at radius 3 is 2.68 bits per heavy atom. The highest BCUT2D eigenvalue weighted by molar-refractivity contribution is 6.43. The van der Waals surface area contributed by atoms with Crippen LogP contribution in [0.15, 0.2) is 18.2 Å². The maximum absolute atomic E-state index is 12.2. The summed E-state index contributed by atoms with van der Waals surface area (Å²) in [7, 11) is 2.02. The topological polar surface area (TPSA) is 44.4 Å². The first-order valence-corrected chi connectivity index (χ1v) is 8.48. The lowest BCUT2D eigenvalue weighted by Crippen LogP contribution is -2.48. The van der Waals surface area contributed by atoms with Crippen molar-refractivity contribution < 1.29 is 4.79 Å². The fraction of sp³-hybridized carbons (Fsp3) is 0.562. The van der Waals surface area contributed by atoms with E-state index in [-0.39, 0.29) is 5.91 Å². The fourth-order valence-corrected chi connectivity index (χ4v) is 3.88. The van der Waals surface area contributed by atoms with Crippen LogP contribution < -0.4 is 10.6 Å². The minimum Gasteiger partial charge on any atom is -0.324 e. The van der Waals surface area contributed by atoms with E-state index in [4.69, 9.17) is 23.2 Å². The van der Waals surface area contributed by atoms with Gasteiger partial charge in [0.05, 0.1) is 22.3 Å². The van der Waals surface area contributed by atoms with Crippen LogP contribution in [0.1, 0.15) is 25.7 Å². The average molecular weight is 342 g/mol. The molecule has 120 valence electrons. The number of rotatable bonds is 4. The molecule has 1 aromatic rings. The molecular formula is C16H21Cl2N3O. The largest absolute Gasteiger partial charge is 0.324 e. The van der Waals surface area contributed by atoms with Gasteiger partial charge in [0, 0.05) is 18.1 Å². The summed E-state index contributed by atoms with van der Waals surface area (Å²) in [6, 6.07) is 6.96. The maximum atomic E-state index is 12.2. The number of piperidine rings is 1. The second-order valence-electron chi connectivity index (χ2n) is 6.33. The third kappa shape index (κ3) is 3.57. The summed E-state index contributed by atoms with van der Waals surface area (Å²) in [5.41, 5.74) is 0.568. The van der Waals surface area contributed by atoms with E-state index < -0.39 is 0 Å². The van der Waals surface area contributed by atoms with E-state index in [1.807, 2.05) is 7.05 Å². The van der Waals surface area contributed by atoms with Crippen molar-refractivity contribution >= 4 is 34.8 Å². The number of amides is 1. The van der Waals surface area contributed by atoms with Gasteiger partial charge in [0.15, 0.2) is 0 Å². The molecule has 0 radical (unpaired) electrons. The van der Waals surface area contributed by atoms with Crippen LogP contribution in [0, 0.1) is 0 Å². The summed E-state index contributed by atoms with van der Waals surface area (Å²) >= 11 is 12.1. The van der Waals surface area contributed by atoms with Crippen LogP contribution in [0.25, 0.3) is 0 Å². The number of benzene rings is 1. The van der Waals surface area contributed by atoms with Crippen molar-refractivity contribution in [3.8, 4) is 0 Å². The Morgan fingerprint density at radius 2 is 2.00 bits per heavy atom. The standard InChI is InChI=1S/C16H21Cl2N3O/c1-21(12-7-10-5-6-11(8-12)19-10)9-15(22)20-14-4-2-3-13(17)16(14)18/h2-4,10-12,19H,5-9H2,1H3,(H,20,22). The maximum Gasteiger partial charge on any atom is 0.238 e. The van der Waals surface area contributed by atoms with E-state index in [2.05, 4.69) is 15.5 Å². The van der Waals surface area contributed by atoms with Crippen molar-refractivity contribution in [2.75, 3.05) is 18.9 Å². The van der Waals surface area contributed by atoms with Crippen molar-refractivity contribution in [1.82, 2.24) is 10.2 Å². The van der Waals surface area contributed by atoms with Gasteiger partial charge >= 0.3 is 0 Å². The number of nitrogens with zero attached hydrogens (tertiary/aromatic N) is 1. The summed E-state index contributed by atoms with van der Waals surface area (Å²) in [4.78, 5) is 14.4. The molecule has 0 aliphatic carbocycles. The van der Waals surface area contributed by atoms with Crippen molar-refractivity contribution in [2.24, 2.45) is 0 Å². The number of hydrogen-bond donors (Lipinski definition) is 2. The van der Waals surface area contributed by atoms with Crippen molar-refractivity contribution in [3.05, 3.63) is 28.2 Å². The van der Waals surface area contributed by atoms with E-state index in [1.54, 1.807) is 18.2 Å². The zero-order valence-electron chi connectivity index (χ0n) is 12.6. The Labute approximate surface area is 141 Å². The van der Waals surface area contributed by atoms with Crippen molar-refractivity contribution in [3.63, 3.8) is 0 Å². The van der Waals surface area contributed by atoms with Crippen molar-refractivity contribution in [2.45, 2.75) is 43.8 Å². The van der Waals surface area contributed by atoms with Crippen LogP contribution in [-0.2, 0) is 4.79 Å². The zero-order chi connectivity index (χ0) is 15.7. The molecule has 2 atom stereocenters. The molecule has 4 nitrogen and oxygen atoms in total. The molecule has 2 fully saturated rings. The highest BCUT2D eigenvalue weighted by atomic mass is 35.5. The number of fused-ring (bicyclic) bond motifs is 2. The van der Waals surface area contributed by atoms with Gasteiger partial charge in [-0.3, -0.25) is 9.69 Å². The number of hydrogen-bond acceptors (Lipinski definition) is 3. The van der Waals surface area contributed by atoms with Gasteiger partial charge in [-0.05, 0) is 44.9 Å². The lowest BCUT2D eigenvalue weighted by atomic mass is 9.98. The first-order valence-electron chi connectivity index (χ1n) is 7.73. The molecule has 2 saturated heterocycles. The van der Waals surface area contributed by atoms with Gasteiger partial charge in [0.2, 0.25) is 5.91 Å². The summed E-state index contributed by atoms with van der Waals surface area (Å²) in [5, 5.41) is 7.31. The van der Waals surface area contributed by atoms with Gasteiger partial charge in [0.25, 0.3) is 0 Å². The quantitative estimate of drug-likeness (QED) is 0.884. The zero-order valence-corrected chi connectivity index (χ0v) is 14.1. The Morgan fingerprint density at radius 1 is 1.32 bits per heavy atom. The number of anilines is 1. The average Bonchev–Trinajstić information content (AvgIpc) is 2.82. The van der Waals surface area contributed by atoms with Gasteiger partial charge in [-0.15, -0.1) is 0 Å². The molecule has 2 aliphatic heterocycles. The van der Waals surface area contributed by atoms with Gasteiger partial charge in [-0.25, -0.2) is 0 Å². The van der Waals surface area contributed by atoms with E-state index >= 15 is 0 Å². The first kappa shape index (κ1) is 16.1. The molecule has 1 aromatic carbocycles. The number of halogens is 2. The van der Waals surface area contributed by atoms with Gasteiger partial charge < -0.3 is 10.6 Å². The predicted octanol–water partition coefficient (Wildman–Crippen LogP) is 3.15. The third-order valence-corrected chi connectivity index (χ3v) is 5.51. The van der Waals surface area contributed by atoms with Crippen LogP contribution in [0.2, 0.25) is 10.0 Å². The van der Waals surface area contributed by atoms with Gasteiger partial charge in [-0.2, -0.15) is 0 Å². The minimum atomic E-state index is -0.0578. The first-order chi connectivity index (χ1) is 10.5. The molecular weight excluding hydrogens is 321 g/mol. The van der Waals surface area contributed by atoms with E-state index in [1.165, 1.54) is 12.8 Å². The van der Waals surface area contributed by atoms with Crippen LogP contribution in [-0.4, -0.2) is 42.5 Å². The summed E-state index contributed by atoms with van der Waals surface area (Å²) in [6.45, 7) is 0.368. The molecule has 2 N–H and O–H groups in total. The molecule has 0 aromatic heterocycles. The second-order valence-corrected chi connectivity index (χ2v) is 7.11. The van der Waals surface area contributed by atoms with Crippen LogP contribution >= 0.6 is 23.2 Å². The Kier molecular flexibility index (Phi) is 4.93. The Bertz CT molecular complexity index is 554. The summed E-state index contributed by atoms with van der Waals surface area (Å²) in [5.74, 6) is -0.0578.